The van der Waals surface area contributed by atoms with Crippen LogP contribution < -0.4 is 15.8 Å². The van der Waals surface area contributed by atoms with Crippen molar-refractivity contribution in [2.45, 2.75) is 18.7 Å². The van der Waals surface area contributed by atoms with E-state index < -0.39 is 10.0 Å². The summed E-state index contributed by atoms with van der Waals surface area (Å²) in [5, 5.41) is 11.1. The van der Waals surface area contributed by atoms with Gasteiger partial charge >= 0.3 is 0 Å². The lowest BCUT2D eigenvalue weighted by molar-refractivity contribution is -0.120. The number of carbonyl (C=O) groups excluding carboxylic acids is 1. The quantitative estimate of drug-likeness (QED) is 0.753. The van der Waals surface area contributed by atoms with Crippen LogP contribution in [-0.4, -0.2) is 27.4 Å². The number of anilines is 1. The average molecular weight is 297 g/mol. The van der Waals surface area contributed by atoms with E-state index in [9.17, 15) is 13.2 Å². The number of sulfonamides is 1. The predicted octanol–water partition coefficient (Wildman–Crippen LogP) is 0.436. The van der Waals surface area contributed by atoms with Crippen LogP contribution in [0.3, 0.4) is 0 Å². The van der Waals surface area contributed by atoms with Crippen LogP contribution in [0.1, 0.15) is 12.5 Å². The van der Waals surface area contributed by atoms with E-state index >= 15 is 0 Å². The Kier molecular flexibility index (Phi) is 4.12. The van der Waals surface area contributed by atoms with E-state index in [2.05, 4.69) is 10.6 Å². The standard InChI is InChI=1S/C13H19N3O3S/c1-8-3-4-10(20(14,18)19)5-12(8)16-13(17)11-7-15-6-9(11)2/h3-5,9,11,15H,6-7H2,1-2H3,(H,16,17)(H2,14,18,19)/t9-,11-/m1/s1. The summed E-state index contributed by atoms with van der Waals surface area (Å²) in [4.78, 5) is 12.2. The summed E-state index contributed by atoms with van der Waals surface area (Å²) >= 11 is 0. The number of benzene rings is 1. The number of hydrogen-bond acceptors (Lipinski definition) is 4. The molecule has 1 saturated heterocycles. The fourth-order valence-corrected chi connectivity index (χ4v) is 2.84. The van der Waals surface area contributed by atoms with Gasteiger partial charge in [0.05, 0.1) is 10.8 Å². The minimum atomic E-state index is -3.77. The van der Waals surface area contributed by atoms with E-state index in [1.807, 2.05) is 6.92 Å². The summed E-state index contributed by atoms with van der Waals surface area (Å²) in [6, 6.07) is 4.46. The Hall–Kier alpha value is -1.44. The van der Waals surface area contributed by atoms with Crippen molar-refractivity contribution in [2.24, 2.45) is 17.0 Å². The third-order valence-electron chi connectivity index (χ3n) is 3.65. The van der Waals surface area contributed by atoms with Crippen molar-refractivity contribution < 1.29 is 13.2 Å². The fourth-order valence-electron chi connectivity index (χ4n) is 2.30. The Morgan fingerprint density at radius 3 is 2.65 bits per heavy atom. The van der Waals surface area contributed by atoms with Crippen molar-refractivity contribution in [1.29, 1.82) is 0 Å². The first-order valence-corrected chi connectivity index (χ1v) is 7.98. The Labute approximate surface area is 118 Å². The van der Waals surface area contributed by atoms with Gasteiger partial charge in [-0.15, -0.1) is 0 Å². The maximum absolute atomic E-state index is 12.2. The average Bonchev–Trinajstić information content (AvgIpc) is 2.77. The first kappa shape index (κ1) is 15.0. The van der Waals surface area contributed by atoms with Crippen molar-refractivity contribution in [3.63, 3.8) is 0 Å². The summed E-state index contributed by atoms with van der Waals surface area (Å²) in [6.45, 7) is 5.27. The molecule has 1 aromatic carbocycles. The molecule has 0 unspecified atom stereocenters. The second kappa shape index (κ2) is 5.51. The zero-order chi connectivity index (χ0) is 14.9. The van der Waals surface area contributed by atoms with Gasteiger partial charge in [0.15, 0.2) is 0 Å². The van der Waals surface area contributed by atoms with Gasteiger partial charge in [0, 0.05) is 12.2 Å². The molecule has 1 aromatic rings. The number of nitrogens with two attached hydrogens (primary N) is 1. The molecule has 0 aliphatic carbocycles. The molecule has 20 heavy (non-hydrogen) atoms. The normalized spacial score (nSPS) is 22.8. The number of aryl methyl sites for hydroxylation is 1. The molecule has 1 amide bonds. The first-order valence-electron chi connectivity index (χ1n) is 6.44. The smallest absolute Gasteiger partial charge is 0.238 e. The number of primary sulfonamides is 1. The SMILES string of the molecule is Cc1ccc(S(N)(=O)=O)cc1NC(=O)[C@@H]1CNC[C@H]1C. The third kappa shape index (κ3) is 3.17. The molecule has 1 heterocycles. The van der Waals surface area contributed by atoms with Crippen LogP contribution in [0.4, 0.5) is 5.69 Å². The van der Waals surface area contributed by atoms with Gasteiger partial charge in [0.2, 0.25) is 15.9 Å². The predicted molar refractivity (Wildman–Crippen MR) is 76.7 cm³/mol. The molecule has 7 heteroatoms. The summed E-state index contributed by atoms with van der Waals surface area (Å²) in [6.07, 6.45) is 0. The van der Waals surface area contributed by atoms with Crippen LogP contribution in [0.25, 0.3) is 0 Å². The van der Waals surface area contributed by atoms with E-state index in [1.54, 1.807) is 13.0 Å². The van der Waals surface area contributed by atoms with Crippen LogP contribution in [0, 0.1) is 18.8 Å². The molecule has 0 radical (unpaired) electrons. The highest BCUT2D eigenvalue weighted by Crippen LogP contribution is 2.22. The van der Waals surface area contributed by atoms with Gasteiger partial charge in [-0.3, -0.25) is 4.79 Å². The van der Waals surface area contributed by atoms with E-state index in [1.165, 1.54) is 12.1 Å². The Morgan fingerprint density at radius 2 is 2.10 bits per heavy atom. The minimum absolute atomic E-state index is 0.00371. The maximum atomic E-state index is 12.2. The van der Waals surface area contributed by atoms with E-state index in [0.29, 0.717) is 12.2 Å². The Bertz CT molecular complexity index is 628. The second-order valence-corrected chi connectivity index (χ2v) is 6.81. The molecule has 6 nitrogen and oxygen atoms in total. The van der Waals surface area contributed by atoms with Crippen LogP contribution in [-0.2, 0) is 14.8 Å². The highest BCUT2D eigenvalue weighted by molar-refractivity contribution is 7.89. The largest absolute Gasteiger partial charge is 0.326 e. The monoisotopic (exact) mass is 297 g/mol. The number of nitrogens with one attached hydrogen (secondary N) is 2. The maximum Gasteiger partial charge on any atom is 0.238 e. The number of amides is 1. The highest BCUT2D eigenvalue weighted by Gasteiger charge is 2.29. The molecule has 0 bridgehead atoms. The first-order chi connectivity index (χ1) is 9.29. The molecule has 2 atom stereocenters. The fraction of sp³-hybridized carbons (Fsp3) is 0.462. The molecule has 0 saturated carbocycles. The van der Waals surface area contributed by atoms with Crippen LogP contribution >= 0.6 is 0 Å². The summed E-state index contributed by atoms with van der Waals surface area (Å²) in [5.41, 5.74) is 1.28. The molecule has 0 spiro atoms. The van der Waals surface area contributed by atoms with Gasteiger partial charge in [-0.05, 0) is 37.1 Å². The van der Waals surface area contributed by atoms with E-state index in [4.69, 9.17) is 5.14 Å². The van der Waals surface area contributed by atoms with Gasteiger partial charge in [-0.25, -0.2) is 13.6 Å². The second-order valence-electron chi connectivity index (χ2n) is 5.25. The van der Waals surface area contributed by atoms with Gasteiger partial charge in [-0.1, -0.05) is 13.0 Å². The lowest BCUT2D eigenvalue weighted by Crippen LogP contribution is -2.28. The molecule has 1 fully saturated rings. The van der Waals surface area contributed by atoms with Crippen molar-refractivity contribution in [2.75, 3.05) is 18.4 Å². The zero-order valence-corrected chi connectivity index (χ0v) is 12.3. The molecule has 1 aliphatic rings. The number of rotatable bonds is 3. The Morgan fingerprint density at radius 1 is 1.40 bits per heavy atom. The molecule has 4 N–H and O–H groups in total. The molecular formula is C13H19N3O3S. The summed E-state index contributed by atoms with van der Waals surface area (Å²) in [7, 11) is -3.77. The van der Waals surface area contributed by atoms with Gasteiger partial charge in [-0.2, -0.15) is 0 Å². The van der Waals surface area contributed by atoms with Gasteiger partial charge < -0.3 is 10.6 Å². The minimum Gasteiger partial charge on any atom is -0.326 e. The molecule has 1 aliphatic heterocycles. The zero-order valence-electron chi connectivity index (χ0n) is 11.5. The number of hydrogen-bond donors (Lipinski definition) is 3. The highest BCUT2D eigenvalue weighted by atomic mass is 32.2. The van der Waals surface area contributed by atoms with Crippen molar-refractivity contribution >= 4 is 21.6 Å². The summed E-state index contributed by atoms with van der Waals surface area (Å²) < 4.78 is 22.7. The molecule has 2 rings (SSSR count). The summed E-state index contributed by atoms with van der Waals surface area (Å²) in [5.74, 6) is 0.0569. The molecular weight excluding hydrogens is 278 g/mol. The van der Waals surface area contributed by atoms with Crippen molar-refractivity contribution in [1.82, 2.24) is 5.32 Å². The molecule has 110 valence electrons. The third-order valence-corrected chi connectivity index (χ3v) is 4.56. The van der Waals surface area contributed by atoms with Crippen molar-refractivity contribution in [3.8, 4) is 0 Å². The topological polar surface area (TPSA) is 101 Å². The van der Waals surface area contributed by atoms with Gasteiger partial charge in [0.1, 0.15) is 0 Å². The van der Waals surface area contributed by atoms with Gasteiger partial charge in [0.25, 0.3) is 0 Å². The van der Waals surface area contributed by atoms with E-state index in [0.717, 1.165) is 12.1 Å². The Balaban J connectivity index is 2.22. The van der Waals surface area contributed by atoms with Crippen LogP contribution in [0.15, 0.2) is 23.1 Å². The number of carbonyl (C=O) groups is 1. The van der Waals surface area contributed by atoms with Crippen molar-refractivity contribution in [3.05, 3.63) is 23.8 Å². The molecule has 0 aromatic heterocycles. The lowest BCUT2D eigenvalue weighted by atomic mass is 9.97. The van der Waals surface area contributed by atoms with Crippen LogP contribution in [0.2, 0.25) is 0 Å². The van der Waals surface area contributed by atoms with Crippen LogP contribution in [0.5, 0.6) is 0 Å². The lowest BCUT2D eigenvalue weighted by Gasteiger charge is -2.16. The van der Waals surface area contributed by atoms with E-state index in [-0.39, 0.29) is 22.6 Å².